The molecule has 0 saturated carbocycles. The Morgan fingerprint density at radius 2 is 2.10 bits per heavy atom. The average Bonchev–Trinajstić information content (AvgIpc) is 2.42. The highest BCUT2D eigenvalue weighted by Gasteiger charge is 2.24. The van der Waals surface area contributed by atoms with E-state index in [1.165, 1.54) is 12.1 Å². The van der Waals surface area contributed by atoms with Gasteiger partial charge in [-0.05, 0) is 11.6 Å². The van der Waals surface area contributed by atoms with Crippen LogP contribution in [0.25, 0.3) is 0 Å². The molecule has 1 aliphatic heterocycles. The third kappa shape index (κ3) is 3.80. The Morgan fingerprint density at radius 1 is 1.45 bits per heavy atom. The molecule has 1 aromatic rings. The fourth-order valence-corrected chi connectivity index (χ4v) is 2.49. The highest BCUT2D eigenvalue weighted by Crippen LogP contribution is 2.30. The summed E-state index contributed by atoms with van der Waals surface area (Å²) in [5, 5.41) is 23.8. The molecule has 1 atom stereocenters. The molecule has 1 aliphatic rings. The van der Waals surface area contributed by atoms with Crippen molar-refractivity contribution in [1.29, 1.82) is 0 Å². The third-order valence-electron chi connectivity index (χ3n) is 3.32. The zero-order valence-corrected chi connectivity index (χ0v) is 12.4. The van der Waals surface area contributed by atoms with Gasteiger partial charge >= 0.3 is 0 Å². The Morgan fingerprint density at radius 3 is 2.65 bits per heavy atom. The van der Waals surface area contributed by atoms with Crippen LogP contribution in [0.1, 0.15) is 11.6 Å². The van der Waals surface area contributed by atoms with Crippen LogP contribution in [0.15, 0.2) is 18.2 Å². The summed E-state index contributed by atoms with van der Waals surface area (Å²) in [7, 11) is 0. The number of hydrogen-bond acceptors (Lipinski definition) is 5. The van der Waals surface area contributed by atoms with E-state index in [9.17, 15) is 15.2 Å². The molecule has 0 radical (unpaired) electrons. The molecule has 2 N–H and O–H groups in total. The molecule has 0 aromatic heterocycles. The molecule has 0 bridgehead atoms. The first-order valence-electron chi connectivity index (χ1n) is 6.13. The predicted octanol–water partition coefficient (Wildman–Crippen LogP) is 1.61. The molecular weight excluding hydrogens is 305 g/mol. The molecule has 0 spiro atoms. The van der Waals surface area contributed by atoms with Crippen LogP contribution in [0.3, 0.4) is 0 Å². The minimum absolute atomic E-state index is 0. The zero-order valence-electron chi connectivity index (χ0n) is 10.8. The molecule has 1 fully saturated rings. The summed E-state index contributed by atoms with van der Waals surface area (Å²) in [5.74, 6) is 0. The molecule has 1 heterocycles. The van der Waals surface area contributed by atoms with Gasteiger partial charge in [0.15, 0.2) is 0 Å². The highest BCUT2D eigenvalue weighted by molar-refractivity contribution is 6.32. The van der Waals surface area contributed by atoms with Crippen LogP contribution >= 0.6 is 24.0 Å². The van der Waals surface area contributed by atoms with Gasteiger partial charge in [0.25, 0.3) is 5.69 Å². The highest BCUT2D eigenvalue weighted by atomic mass is 35.5. The van der Waals surface area contributed by atoms with Crippen molar-refractivity contribution in [2.75, 3.05) is 32.8 Å². The van der Waals surface area contributed by atoms with Crippen molar-refractivity contribution in [2.24, 2.45) is 0 Å². The van der Waals surface area contributed by atoms with Gasteiger partial charge < -0.3 is 10.4 Å². The summed E-state index contributed by atoms with van der Waals surface area (Å²) in [4.78, 5) is 12.5. The number of nitrogens with zero attached hydrogens (tertiary/aromatic N) is 2. The molecule has 6 nitrogen and oxygen atoms in total. The van der Waals surface area contributed by atoms with Crippen LogP contribution < -0.4 is 5.32 Å². The lowest BCUT2D eigenvalue weighted by atomic mass is 10.0. The van der Waals surface area contributed by atoms with Crippen LogP contribution in [0, 0.1) is 10.1 Å². The van der Waals surface area contributed by atoms with E-state index < -0.39 is 4.92 Å². The predicted molar refractivity (Wildman–Crippen MR) is 79.6 cm³/mol. The fraction of sp³-hybridized carbons (Fsp3) is 0.500. The second-order valence-electron chi connectivity index (χ2n) is 4.45. The number of nitrogens with one attached hydrogen (secondary N) is 1. The van der Waals surface area contributed by atoms with E-state index in [-0.39, 0.29) is 35.8 Å². The van der Waals surface area contributed by atoms with Crippen LogP contribution in [0.4, 0.5) is 5.69 Å². The first kappa shape index (κ1) is 17.1. The maximum atomic E-state index is 10.9. The summed E-state index contributed by atoms with van der Waals surface area (Å²) in [6.45, 7) is 3.25. The van der Waals surface area contributed by atoms with Gasteiger partial charge in [0.1, 0.15) is 5.02 Å². The third-order valence-corrected chi connectivity index (χ3v) is 3.64. The summed E-state index contributed by atoms with van der Waals surface area (Å²) in [6.07, 6.45) is 0. The maximum Gasteiger partial charge on any atom is 0.288 e. The second-order valence-corrected chi connectivity index (χ2v) is 4.86. The molecule has 2 rings (SSSR count). The molecule has 112 valence electrons. The van der Waals surface area contributed by atoms with Crippen molar-refractivity contribution >= 4 is 29.7 Å². The van der Waals surface area contributed by atoms with Gasteiger partial charge in [0, 0.05) is 32.2 Å². The van der Waals surface area contributed by atoms with Crippen LogP contribution in [-0.2, 0) is 0 Å². The van der Waals surface area contributed by atoms with E-state index in [0.717, 1.165) is 31.7 Å². The normalized spacial score (nSPS) is 17.3. The monoisotopic (exact) mass is 321 g/mol. The van der Waals surface area contributed by atoms with Gasteiger partial charge in [-0.15, -0.1) is 12.4 Å². The summed E-state index contributed by atoms with van der Waals surface area (Å²) < 4.78 is 0. The van der Waals surface area contributed by atoms with Crippen LogP contribution in [0.2, 0.25) is 5.02 Å². The van der Waals surface area contributed by atoms with E-state index >= 15 is 0 Å². The Bertz CT molecular complexity index is 467. The van der Waals surface area contributed by atoms with Gasteiger partial charge in [-0.3, -0.25) is 15.0 Å². The number of piperazine rings is 1. The van der Waals surface area contributed by atoms with Gasteiger partial charge in [-0.1, -0.05) is 17.7 Å². The standard InChI is InChI=1S/C12H16ClN3O3.ClH/c13-10-2-1-9(7-11(10)16(18)19)12(8-17)15-5-3-14-4-6-15;/h1-2,7,12,14,17H,3-6,8H2;1H/t12-;/m1./s1. The molecule has 1 aromatic carbocycles. The lowest BCUT2D eigenvalue weighted by molar-refractivity contribution is -0.384. The fourth-order valence-electron chi connectivity index (χ4n) is 2.30. The first-order chi connectivity index (χ1) is 9.13. The largest absolute Gasteiger partial charge is 0.394 e. The number of halogens is 2. The van der Waals surface area contributed by atoms with Crippen LogP contribution in [-0.4, -0.2) is 47.7 Å². The lowest BCUT2D eigenvalue weighted by Gasteiger charge is -2.34. The van der Waals surface area contributed by atoms with E-state index in [2.05, 4.69) is 10.2 Å². The summed E-state index contributed by atoms with van der Waals surface area (Å²) in [5.41, 5.74) is 0.605. The van der Waals surface area contributed by atoms with E-state index in [1.807, 2.05) is 0 Å². The molecule has 1 saturated heterocycles. The average molecular weight is 322 g/mol. The van der Waals surface area contributed by atoms with E-state index in [4.69, 9.17) is 11.6 Å². The molecule has 0 unspecified atom stereocenters. The molecular formula is C12H17Cl2N3O3. The van der Waals surface area contributed by atoms with Gasteiger partial charge in [0.2, 0.25) is 0 Å². The Labute approximate surface area is 128 Å². The molecule has 8 heteroatoms. The van der Waals surface area contributed by atoms with Crippen molar-refractivity contribution in [3.05, 3.63) is 38.9 Å². The summed E-state index contributed by atoms with van der Waals surface area (Å²) in [6, 6.07) is 4.47. The zero-order chi connectivity index (χ0) is 13.8. The number of nitro groups is 1. The van der Waals surface area contributed by atoms with E-state index in [1.54, 1.807) is 6.07 Å². The number of rotatable bonds is 4. The number of aliphatic hydroxyl groups excluding tert-OH is 1. The van der Waals surface area contributed by atoms with Gasteiger partial charge in [-0.2, -0.15) is 0 Å². The Kier molecular flexibility index (Phi) is 6.64. The lowest BCUT2D eigenvalue weighted by Crippen LogP contribution is -2.46. The Hall–Kier alpha value is -0.920. The topological polar surface area (TPSA) is 78.6 Å². The van der Waals surface area contributed by atoms with Gasteiger partial charge in [0.05, 0.1) is 17.6 Å². The maximum absolute atomic E-state index is 10.9. The molecule has 0 aliphatic carbocycles. The van der Waals surface area contributed by atoms with Crippen molar-refractivity contribution in [1.82, 2.24) is 10.2 Å². The number of hydrogen-bond donors (Lipinski definition) is 2. The smallest absolute Gasteiger partial charge is 0.288 e. The van der Waals surface area contributed by atoms with Crippen molar-refractivity contribution in [3.63, 3.8) is 0 Å². The molecule has 0 amide bonds. The minimum Gasteiger partial charge on any atom is -0.394 e. The second kappa shape index (κ2) is 7.75. The SMILES string of the molecule is Cl.O=[N+]([O-])c1cc([C@@H](CO)N2CCNCC2)ccc1Cl. The molecule has 20 heavy (non-hydrogen) atoms. The number of benzene rings is 1. The van der Waals surface area contributed by atoms with Gasteiger partial charge in [-0.25, -0.2) is 0 Å². The quantitative estimate of drug-likeness (QED) is 0.650. The first-order valence-corrected chi connectivity index (χ1v) is 6.50. The Balaban J connectivity index is 0.00000200. The van der Waals surface area contributed by atoms with Crippen molar-refractivity contribution < 1.29 is 10.0 Å². The van der Waals surface area contributed by atoms with Crippen molar-refractivity contribution in [2.45, 2.75) is 6.04 Å². The number of nitro benzene ring substituents is 1. The van der Waals surface area contributed by atoms with Crippen LogP contribution in [0.5, 0.6) is 0 Å². The number of aliphatic hydroxyl groups is 1. The minimum atomic E-state index is -0.502. The summed E-state index contributed by atoms with van der Waals surface area (Å²) >= 11 is 5.80. The van der Waals surface area contributed by atoms with Crippen molar-refractivity contribution in [3.8, 4) is 0 Å². The van der Waals surface area contributed by atoms with E-state index in [0.29, 0.717) is 0 Å².